The first-order valence-corrected chi connectivity index (χ1v) is 7.06. The van der Waals surface area contributed by atoms with Crippen molar-refractivity contribution in [3.8, 4) is 0 Å². The third-order valence-electron chi connectivity index (χ3n) is 3.76. The molecule has 1 rings (SSSR count). The van der Waals surface area contributed by atoms with Gasteiger partial charge >= 0.3 is 0 Å². The van der Waals surface area contributed by atoms with Crippen molar-refractivity contribution in [3.63, 3.8) is 0 Å². The van der Waals surface area contributed by atoms with E-state index >= 15 is 0 Å². The molecule has 2 heteroatoms. The lowest BCUT2D eigenvalue weighted by atomic mass is 9.83. The Balaban J connectivity index is 2.16. The van der Waals surface area contributed by atoms with E-state index < -0.39 is 0 Å². The van der Waals surface area contributed by atoms with Gasteiger partial charge in [-0.05, 0) is 51.9 Å². The van der Waals surface area contributed by atoms with Crippen molar-refractivity contribution in [2.75, 3.05) is 0 Å². The molecule has 96 valence electrons. The Morgan fingerprint density at radius 1 is 1.19 bits per heavy atom. The minimum absolute atomic E-state index is 0.182. The summed E-state index contributed by atoms with van der Waals surface area (Å²) in [7, 11) is 0. The average molecular weight is 227 g/mol. The minimum Gasteiger partial charge on any atom is -0.393 e. The second-order valence-electron chi connectivity index (χ2n) is 5.66. The predicted octanol–water partition coefficient (Wildman–Crippen LogP) is 3.09. The van der Waals surface area contributed by atoms with Crippen LogP contribution in [0.4, 0.5) is 0 Å². The van der Waals surface area contributed by atoms with Crippen LogP contribution < -0.4 is 5.32 Å². The molecule has 1 aliphatic carbocycles. The predicted molar refractivity (Wildman–Crippen MR) is 69.5 cm³/mol. The van der Waals surface area contributed by atoms with Crippen molar-refractivity contribution in [2.45, 2.75) is 83.9 Å². The highest BCUT2D eigenvalue weighted by Gasteiger charge is 2.21. The van der Waals surface area contributed by atoms with Gasteiger partial charge in [0.25, 0.3) is 0 Å². The smallest absolute Gasteiger partial charge is 0.0526 e. The quantitative estimate of drug-likeness (QED) is 0.731. The van der Waals surface area contributed by atoms with E-state index in [-0.39, 0.29) is 6.10 Å². The number of hydrogen-bond donors (Lipinski definition) is 2. The second-order valence-corrected chi connectivity index (χ2v) is 5.66. The Hall–Kier alpha value is -0.0800. The summed E-state index contributed by atoms with van der Waals surface area (Å²) in [6.07, 6.45) is 8.88. The summed E-state index contributed by atoms with van der Waals surface area (Å²) < 4.78 is 0. The van der Waals surface area contributed by atoms with Crippen LogP contribution in [0, 0.1) is 5.92 Å². The Kier molecular flexibility index (Phi) is 6.37. The fourth-order valence-electron chi connectivity index (χ4n) is 3.01. The molecule has 1 aliphatic rings. The zero-order valence-corrected chi connectivity index (χ0v) is 11.2. The largest absolute Gasteiger partial charge is 0.393 e. The average Bonchev–Trinajstić information content (AvgIpc) is 2.20. The molecule has 1 saturated carbocycles. The highest BCUT2D eigenvalue weighted by Crippen LogP contribution is 2.28. The van der Waals surface area contributed by atoms with E-state index in [1.807, 2.05) is 6.92 Å². The van der Waals surface area contributed by atoms with Crippen molar-refractivity contribution in [2.24, 2.45) is 5.92 Å². The molecular weight excluding hydrogens is 198 g/mol. The van der Waals surface area contributed by atoms with Gasteiger partial charge in [0.1, 0.15) is 0 Å². The maximum atomic E-state index is 9.32. The summed E-state index contributed by atoms with van der Waals surface area (Å²) in [5, 5.41) is 13.0. The zero-order valence-electron chi connectivity index (χ0n) is 11.2. The van der Waals surface area contributed by atoms with E-state index in [2.05, 4.69) is 19.2 Å². The van der Waals surface area contributed by atoms with E-state index in [4.69, 9.17) is 0 Å². The lowest BCUT2D eigenvalue weighted by molar-refractivity contribution is 0.162. The summed E-state index contributed by atoms with van der Waals surface area (Å²) in [6, 6.07) is 1.15. The van der Waals surface area contributed by atoms with Crippen LogP contribution in [-0.4, -0.2) is 23.3 Å². The van der Waals surface area contributed by atoms with Crippen molar-refractivity contribution in [3.05, 3.63) is 0 Å². The molecule has 2 unspecified atom stereocenters. The standard InChI is InChI=1S/C14H29NO/c1-4-5-13-6-8-14(9-7-13)15-11(2)10-12(3)16/h11-16H,4-10H2,1-3H3. The minimum atomic E-state index is -0.182. The van der Waals surface area contributed by atoms with Crippen LogP contribution in [-0.2, 0) is 0 Å². The van der Waals surface area contributed by atoms with Crippen molar-refractivity contribution in [1.82, 2.24) is 5.32 Å². The Morgan fingerprint density at radius 3 is 2.31 bits per heavy atom. The molecule has 0 spiro atoms. The molecule has 0 aromatic rings. The lowest BCUT2D eigenvalue weighted by Crippen LogP contribution is -2.40. The fourth-order valence-corrected chi connectivity index (χ4v) is 3.01. The molecule has 1 fully saturated rings. The van der Waals surface area contributed by atoms with Crippen LogP contribution in [0.15, 0.2) is 0 Å². The topological polar surface area (TPSA) is 32.3 Å². The number of aliphatic hydroxyl groups excluding tert-OH is 1. The molecule has 2 N–H and O–H groups in total. The van der Waals surface area contributed by atoms with Gasteiger partial charge in [-0.1, -0.05) is 19.8 Å². The summed E-state index contributed by atoms with van der Waals surface area (Å²) in [5.74, 6) is 0.982. The first kappa shape index (κ1) is 14.0. The molecule has 16 heavy (non-hydrogen) atoms. The van der Waals surface area contributed by atoms with E-state index in [1.54, 1.807) is 0 Å². The first-order chi connectivity index (χ1) is 7.61. The van der Waals surface area contributed by atoms with Crippen LogP contribution >= 0.6 is 0 Å². The first-order valence-electron chi connectivity index (χ1n) is 7.06. The highest BCUT2D eigenvalue weighted by molar-refractivity contribution is 4.79. The van der Waals surface area contributed by atoms with Gasteiger partial charge in [-0.3, -0.25) is 0 Å². The number of hydrogen-bond acceptors (Lipinski definition) is 2. The molecule has 0 radical (unpaired) electrons. The molecule has 0 amide bonds. The van der Waals surface area contributed by atoms with Gasteiger partial charge < -0.3 is 10.4 Å². The van der Waals surface area contributed by atoms with Gasteiger partial charge in [-0.2, -0.15) is 0 Å². The molecule has 0 saturated heterocycles. The van der Waals surface area contributed by atoms with Crippen molar-refractivity contribution >= 4 is 0 Å². The van der Waals surface area contributed by atoms with Crippen LogP contribution in [0.1, 0.15) is 65.7 Å². The summed E-state index contributed by atoms with van der Waals surface area (Å²) >= 11 is 0. The molecule has 0 heterocycles. The van der Waals surface area contributed by atoms with Gasteiger partial charge in [0.2, 0.25) is 0 Å². The van der Waals surface area contributed by atoms with E-state index in [0.717, 1.165) is 12.3 Å². The summed E-state index contributed by atoms with van der Waals surface area (Å²) in [4.78, 5) is 0. The molecule has 0 aromatic heterocycles. The molecular formula is C14H29NO. The molecule has 2 atom stereocenters. The fraction of sp³-hybridized carbons (Fsp3) is 1.00. The van der Waals surface area contributed by atoms with E-state index in [9.17, 15) is 5.11 Å². The zero-order chi connectivity index (χ0) is 12.0. The van der Waals surface area contributed by atoms with Crippen molar-refractivity contribution in [1.29, 1.82) is 0 Å². The second kappa shape index (κ2) is 7.29. The van der Waals surface area contributed by atoms with E-state index in [0.29, 0.717) is 12.1 Å². The molecule has 2 nitrogen and oxygen atoms in total. The number of rotatable bonds is 6. The third-order valence-corrected chi connectivity index (χ3v) is 3.76. The van der Waals surface area contributed by atoms with Crippen LogP contribution in [0.2, 0.25) is 0 Å². The third kappa shape index (κ3) is 5.31. The lowest BCUT2D eigenvalue weighted by Gasteiger charge is -2.31. The normalized spacial score (nSPS) is 30.0. The number of aliphatic hydroxyl groups is 1. The summed E-state index contributed by atoms with van der Waals surface area (Å²) in [5.41, 5.74) is 0. The number of nitrogens with one attached hydrogen (secondary N) is 1. The van der Waals surface area contributed by atoms with Gasteiger partial charge in [0.15, 0.2) is 0 Å². The molecule has 0 aromatic carbocycles. The molecule has 0 bridgehead atoms. The van der Waals surface area contributed by atoms with Gasteiger partial charge in [0, 0.05) is 12.1 Å². The maximum Gasteiger partial charge on any atom is 0.0526 e. The van der Waals surface area contributed by atoms with Gasteiger partial charge in [0.05, 0.1) is 6.10 Å². The summed E-state index contributed by atoms with van der Waals surface area (Å²) in [6.45, 7) is 6.34. The van der Waals surface area contributed by atoms with E-state index in [1.165, 1.54) is 38.5 Å². The van der Waals surface area contributed by atoms with Crippen molar-refractivity contribution < 1.29 is 5.11 Å². The molecule has 0 aliphatic heterocycles. The SMILES string of the molecule is CCCC1CCC(NC(C)CC(C)O)CC1. The maximum absolute atomic E-state index is 9.32. The monoisotopic (exact) mass is 227 g/mol. The van der Waals surface area contributed by atoms with Crippen LogP contribution in [0.25, 0.3) is 0 Å². The highest BCUT2D eigenvalue weighted by atomic mass is 16.3. The van der Waals surface area contributed by atoms with Gasteiger partial charge in [-0.25, -0.2) is 0 Å². The Morgan fingerprint density at radius 2 is 1.81 bits per heavy atom. The van der Waals surface area contributed by atoms with Gasteiger partial charge in [-0.15, -0.1) is 0 Å². The Bertz CT molecular complexity index is 174. The van der Waals surface area contributed by atoms with Crippen LogP contribution in [0.5, 0.6) is 0 Å². The van der Waals surface area contributed by atoms with Crippen LogP contribution in [0.3, 0.4) is 0 Å². The Labute approximate surface area is 101 Å².